The van der Waals surface area contributed by atoms with Gasteiger partial charge in [0.25, 0.3) is 5.91 Å². The van der Waals surface area contributed by atoms with Crippen LogP contribution in [0.3, 0.4) is 0 Å². The number of rotatable bonds is 1. The molecule has 0 aliphatic carbocycles. The van der Waals surface area contributed by atoms with Gasteiger partial charge in [-0.15, -0.1) is 0 Å². The SMILES string of the molecule is CCC1=NCCN(C)C1=O. The van der Waals surface area contributed by atoms with Crippen molar-refractivity contribution in [2.45, 2.75) is 13.3 Å². The van der Waals surface area contributed by atoms with Crippen LogP contribution in [-0.2, 0) is 4.79 Å². The van der Waals surface area contributed by atoms with Crippen molar-refractivity contribution in [3.63, 3.8) is 0 Å². The Bertz CT molecular complexity index is 174. The lowest BCUT2D eigenvalue weighted by atomic mass is 10.2. The first kappa shape index (κ1) is 7.25. The molecule has 0 radical (unpaired) electrons. The Balaban J connectivity index is 2.72. The first-order valence-corrected chi connectivity index (χ1v) is 3.54. The van der Waals surface area contributed by atoms with Gasteiger partial charge >= 0.3 is 0 Å². The Morgan fingerprint density at radius 2 is 2.40 bits per heavy atom. The van der Waals surface area contributed by atoms with Crippen molar-refractivity contribution in [3.8, 4) is 0 Å². The zero-order valence-electron chi connectivity index (χ0n) is 6.42. The molecule has 1 aliphatic heterocycles. The molecule has 1 aliphatic rings. The second kappa shape index (κ2) is 2.82. The summed E-state index contributed by atoms with van der Waals surface area (Å²) in [6.45, 7) is 3.49. The van der Waals surface area contributed by atoms with Gasteiger partial charge in [0.15, 0.2) is 0 Å². The minimum Gasteiger partial charge on any atom is -0.339 e. The Morgan fingerprint density at radius 1 is 1.70 bits per heavy atom. The first-order valence-electron chi connectivity index (χ1n) is 3.54. The summed E-state index contributed by atoms with van der Waals surface area (Å²) in [4.78, 5) is 17.0. The maximum atomic E-state index is 11.2. The first-order chi connectivity index (χ1) is 4.75. The lowest BCUT2D eigenvalue weighted by Crippen LogP contribution is -2.38. The van der Waals surface area contributed by atoms with E-state index in [0.717, 1.165) is 19.5 Å². The van der Waals surface area contributed by atoms with Crippen LogP contribution in [0.4, 0.5) is 0 Å². The molecule has 1 amide bonds. The average Bonchev–Trinajstić information content (AvgIpc) is 1.95. The van der Waals surface area contributed by atoms with Crippen LogP contribution < -0.4 is 0 Å². The van der Waals surface area contributed by atoms with Crippen LogP contribution in [0, 0.1) is 0 Å². The lowest BCUT2D eigenvalue weighted by Gasteiger charge is -2.20. The third-order valence-corrected chi connectivity index (χ3v) is 1.67. The van der Waals surface area contributed by atoms with Crippen LogP contribution in [0.25, 0.3) is 0 Å². The van der Waals surface area contributed by atoms with E-state index in [1.807, 2.05) is 14.0 Å². The number of amides is 1. The highest BCUT2D eigenvalue weighted by atomic mass is 16.2. The van der Waals surface area contributed by atoms with Crippen molar-refractivity contribution >= 4 is 11.6 Å². The van der Waals surface area contributed by atoms with Gasteiger partial charge in [0.2, 0.25) is 0 Å². The van der Waals surface area contributed by atoms with Crippen LogP contribution in [-0.4, -0.2) is 36.7 Å². The monoisotopic (exact) mass is 140 g/mol. The molecule has 10 heavy (non-hydrogen) atoms. The highest BCUT2D eigenvalue weighted by molar-refractivity contribution is 6.39. The van der Waals surface area contributed by atoms with E-state index in [-0.39, 0.29) is 5.91 Å². The zero-order chi connectivity index (χ0) is 7.56. The topological polar surface area (TPSA) is 32.7 Å². The molecule has 3 heteroatoms. The van der Waals surface area contributed by atoms with Crippen molar-refractivity contribution in [2.75, 3.05) is 20.1 Å². The molecule has 0 N–H and O–H groups in total. The Labute approximate surface area is 60.7 Å². The maximum absolute atomic E-state index is 11.2. The fourth-order valence-electron chi connectivity index (χ4n) is 0.987. The van der Waals surface area contributed by atoms with Gasteiger partial charge in [-0.05, 0) is 6.42 Å². The molecular weight excluding hydrogens is 128 g/mol. The Morgan fingerprint density at radius 3 is 2.90 bits per heavy atom. The Hall–Kier alpha value is -0.860. The largest absolute Gasteiger partial charge is 0.339 e. The summed E-state index contributed by atoms with van der Waals surface area (Å²) in [7, 11) is 1.81. The van der Waals surface area contributed by atoms with Crippen LogP contribution in [0.15, 0.2) is 4.99 Å². The number of hydrogen-bond acceptors (Lipinski definition) is 2. The van der Waals surface area contributed by atoms with Gasteiger partial charge in [-0.25, -0.2) is 0 Å². The van der Waals surface area contributed by atoms with E-state index < -0.39 is 0 Å². The quantitative estimate of drug-likeness (QED) is 0.516. The predicted molar refractivity (Wildman–Crippen MR) is 40.2 cm³/mol. The molecule has 0 aromatic rings. The van der Waals surface area contributed by atoms with Crippen molar-refractivity contribution in [3.05, 3.63) is 0 Å². The average molecular weight is 140 g/mol. The van der Waals surface area contributed by atoms with E-state index in [2.05, 4.69) is 4.99 Å². The molecule has 3 nitrogen and oxygen atoms in total. The summed E-state index contributed by atoms with van der Waals surface area (Å²) >= 11 is 0. The molecule has 1 heterocycles. The molecule has 0 bridgehead atoms. The lowest BCUT2D eigenvalue weighted by molar-refractivity contribution is -0.123. The minimum atomic E-state index is 0.0914. The molecule has 56 valence electrons. The van der Waals surface area contributed by atoms with Crippen molar-refractivity contribution in [1.82, 2.24) is 4.90 Å². The smallest absolute Gasteiger partial charge is 0.267 e. The third kappa shape index (κ3) is 1.17. The highest BCUT2D eigenvalue weighted by Gasteiger charge is 2.17. The molecule has 0 atom stereocenters. The number of nitrogens with zero attached hydrogens (tertiary/aromatic N) is 2. The number of hydrogen-bond donors (Lipinski definition) is 0. The number of aliphatic imine (C=N–C) groups is 1. The van der Waals surface area contributed by atoms with Crippen LogP contribution in [0.5, 0.6) is 0 Å². The van der Waals surface area contributed by atoms with E-state index in [0.29, 0.717) is 5.71 Å². The van der Waals surface area contributed by atoms with Crippen molar-refractivity contribution < 1.29 is 4.79 Å². The van der Waals surface area contributed by atoms with Gasteiger partial charge in [-0.3, -0.25) is 9.79 Å². The molecule has 0 saturated heterocycles. The van der Waals surface area contributed by atoms with E-state index in [1.54, 1.807) is 4.90 Å². The van der Waals surface area contributed by atoms with Gasteiger partial charge < -0.3 is 4.90 Å². The van der Waals surface area contributed by atoms with Gasteiger partial charge in [0.1, 0.15) is 0 Å². The summed E-state index contributed by atoms with van der Waals surface area (Å²) < 4.78 is 0. The highest BCUT2D eigenvalue weighted by Crippen LogP contribution is 1.99. The summed E-state index contributed by atoms with van der Waals surface area (Å²) in [6.07, 6.45) is 0.753. The van der Waals surface area contributed by atoms with Crippen LogP contribution >= 0.6 is 0 Å². The van der Waals surface area contributed by atoms with E-state index in [1.165, 1.54) is 0 Å². The summed E-state index contributed by atoms with van der Waals surface area (Å²) in [5.74, 6) is 0.0914. The standard InChI is InChI=1S/C7H12N2O/c1-3-6-7(10)9(2)5-4-8-6/h3-5H2,1-2H3. The molecule has 1 rings (SSSR count). The second-order valence-corrected chi connectivity index (χ2v) is 2.41. The zero-order valence-corrected chi connectivity index (χ0v) is 6.42. The predicted octanol–water partition coefficient (Wildman–Crippen LogP) is 0.309. The summed E-state index contributed by atoms with van der Waals surface area (Å²) in [5, 5.41) is 0. The number of carbonyl (C=O) groups is 1. The van der Waals surface area contributed by atoms with Crippen LogP contribution in [0.1, 0.15) is 13.3 Å². The Kier molecular flexibility index (Phi) is 2.04. The van der Waals surface area contributed by atoms with Crippen molar-refractivity contribution in [1.29, 1.82) is 0 Å². The molecule has 0 aromatic heterocycles. The molecule has 0 spiro atoms. The second-order valence-electron chi connectivity index (χ2n) is 2.41. The van der Waals surface area contributed by atoms with Gasteiger partial charge in [-0.2, -0.15) is 0 Å². The summed E-state index contributed by atoms with van der Waals surface area (Å²) in [5.41, 5.74) is 0.716. The molecule has 0 aromatic carbocycles. The number of likely N-dealkylation sites (N-methyl/N-ethyl adjacent to an activating group) is 1. The normalized spacial score (nSPS) is 19.2. The third-order valence-electron chi connectivity index (χ3n) is 1.67. The fraction of sp³-hybridized carbons (Fsp3) is 0.714. The van der Waals surface area contributed by atoms with Crippen molar-refractivity contribution in [2.24, 2.45) is 4.99 Å². The molecule has 0 saturated carbocycles. The molecular formula is C7H12N2O. The minimum absolute atomic E-state index is 0.0914. The summed E-state index contributed by atoms with van der Waals surface area (Å²) in [6, 6.07) is 0. The van der Waals surface area contributed by atoms with E-state index in [9.17, 15) is 4.79 Å². The molecule has 0 unspecified atom stereocenters. The van der Waals surface area contributed by atoms with Gasteiger partial charge in [0, 0.05) is 13.6 Å². The fourth-order valence-corrected chi connectivity index (χ4v) is 0.987. The molecule has 0 fully saturated rings. The maximum Gasteiger partial charge on any atom is 0.267 e. The number of carbonyl (C=O) groups excluding carboxylic acids is 1. The van der Waals surface area contributed by atoms with Crippen LogP contribution in [0.2, 0.25) is 0 Å². The van der Waals surface area contributed by atoms with Gasteiger partial charge in [-0.1, -0.05) is 6.92 Å². The van der Waals surface area contributed by atoms with Gasteiger partial charge in [0.05, 0.1) is 12.3 Å². The van der Waals surface area contributed by atoms with E-state index in [4.69, 9.17) is 0 Å². The van der Waals surface area contributed by atoms with E-state index >= 15 is 0 Å².